The summed E-state index contributed by atoms with van der Waals surface area (Å²) >= 11 is 6.00. The highest BCUT2D eigenvalue weighted by Crippen LogP contribution is 2.32. The van der Waals surface area contributed by atoms with Crippen LogP contribution in [0.2, 0.25) is 0 Å². The predicted octanol–water partition coefficient (Wildman–Crippen LogP) is 2.38. The van der Waals surface area contributed by atoms with Gasteiger partial charge in [-0.2, -0.15) is 0 Å². The minimum absolute atomic E-state index is 0.00350. The van der Waals surface area contributed by atoms with Gasteiger partial charge in [-0.25, -0.2) is 9.59 Å². The Kier molecular flexibility index (Phi) is 3.92. The molecule has 0 aliphatic heterocycles. The average molecular weight is 342 g/mol. The molecule has 1 aromatic heterocycles. The first-order chi connectivity index (χ1) is 7.02. The lowest BCUT2D eigenvalue weighted by atomic mass is 10.2. The van der Waals surface area contributed by atoms with Crippen LogP contribution in [-0.2, 0) is 9.47 Å². The topological polar surface area (TPSA) is 65.7 Å². The average Bonchev–Trinajstić information content (AvgIpc) is 2.51. The van der Waals surface area contributed by atoms with Gasteiger partial charge in [-0.1, -0.05) is 0 Å². The van der Waals surface area contributed by atoms with Crippen molar-refractivity contribution >= 4 is 43.8 Å². The molecular weight excluding hydrogens is 336 g/mol. The molecule has 0 saturated heterocycles. The van der Waals surface area contributed by atoms with E-state index in [1.807, 2.05) is 0 Å². The lowest BCUT2D eigenvalue weighted by Gasteiger charge is -1.99. The molecule has 1 aromatic rings. The Morgan fingerprint density at radius 1 is 1.00 bits per heavy atom. The van der Waals surface area contributed by atoms with Crippen LogP contribution in [0.15, 0.2) is 13.8 Å². The molecule has 1 heterocycles. The van der Waals surface area contributed by atoms with Gasteiger partial charge in [0, 0.05) is 0 Å². The zero-order chi connectivity index (χ0) is 11.6. The highest BCUT2D eigenvalue weighted by molar-refractivity contribution is 9.11. The summed E-state index contributed by atoms with van der Waals surface area (Å²) in [4.78, 5) is 22.7. The SMILES string of the molecule is COC(=O)c1c(Br)oc(Br)c1C(=O)OC. The molecule has 0 aromatic carbocycles. The van der Waals surface area contributed by atoms with Crippen LogP contribution in [0.3, 0.4) is 0 Å². The predicted molar refractivity (Wildman–Crippen MR) is 56.8 cm³/mol. The normalized spacial score (nSPS) is 9.87. The molecule has 0 N–H and O–H groups in total. The number of methoxy groups -OCH3 is 2. The second kappa shape index (κ2) is 4.80. The van der Waals surface area contributed by atoms with Crippen molar-refractivity contribution in [2.75, 3.05) is 14.2 Å². The molecule has 0 unspecified atom stereocenters. The standard InChI is InChI=1S/C8H6Br2O5/c1-13-7(11)3-4(8(12)14-2)6(10)15-5(3)9/h1-2H3. The second-order valence-electron chi connectivity index (χ2n) is 2.38. The number of rotatable bonds is 2. The van der Waals surface area contributed by atoms with E-state index in [-0.39, 0.29) is 20.5 Å². The third kappa shape index (κ3) is 2.23. The minimum atomic E-state index is -0.684. The Morgan fingerprint density at radius 3 is 1.60 bits per heavy atom. The molecule has 0 amide bonds. The van der Waals surface area contributed by atoms with E-state index in [1.165, 1.54) is 14.2 Å². The van der Waals surface area contributed by atoms with Crippen molar-refractivity contribution in [3.63, 3.8) is 0 Å². The Labute approximate surface area is 102 Å². The zero-order valence-electron chi connectivity index (χ0n) is 7.80. The van der Waals surface area contributed by atoms with E-state index in [1.54, 1.807) is 0 Å². The van der Waals surface area contributed by atoms with Gasteiger partial charge in [-0.15, -0.1) is 0 Å². The summed E-state index contributed by atoms with van der Waals surface area (Å²) in [5.74, 6) is -1.37. The molecule has 0 spiro atoms. The molecule has 5 nitrogen and oxygen atoms in total. The summed E-state index contributed by atoms with van der Waals surface area (Å²) in [7, 11) is 2.41. The van der Waals surface area contributed by atoms with Crippen molar-refractivity contribution in [1.82, 2.24) is 0 Å². The van der Waals surface area contributed by atoms with Crippen LogP contribution in [0.25, 0.3) is 0 Å². The quantitative estimate of drug-likeness (QED) is 0.773. The van der Waals surface area contributed by atoms with Crippen molar-refractivity contribution < 1.29 is 23.5 Å². The van der Waals surface area contributed by atoms with Crippen LogP contribution in [0.5, 0.6) is 0 Å². The molecule has 0 saturated carbocycles. The fraction of sp³-hybridized carbons (Fsp3) is 0.250. The summed E-state index contributed by atoms with van der Waals surface area (Å²) in [5.41, 5.74) is -0.00699. The Balaban J connectivity index is 3.35. The van der Waals surface area contributed by atoms with Crippen LogP contribution in [0.4, 0.5) is 0 Å². The van der Waals surface area contributed by atoms with Crippen molar-refractivity contribution in [3.8, 4) is 0 Å². The first kappa shape index (κ1) is 12.3. The molecule has 1 rings (SSSR count). The van der Waals surface area contributed by atoms with Crippen molar-refractivity contribution in [2.45, 2.75) is 0 Å². The lowest BCUT2D eigenvalue weighted by molar-refractivity contribution is 0.0555. The van der Waals surface area contributed by atoms with E-state index in [4.69, 9.17) is 4.42 Å². The van der Waals surface area contributed by atoms with Gasteiger partial charge in [0.15, 0.2) is 9.34 Å². The van der Waals surface area contributed by atoms with Crippen LogP contribution >= 0.6 is 31.9 Å². The van der Waals surface area contributed by atoms with Gasteiger partial charge < -0.3 is 13.9 Å². The molecule has 0 fully saturated rings. The molecule has 0 aliphatic carbocycles. The van der Waals surface area contributed by atoms with Crippen LogP contribution in [0, 0.1) is 0 Å². The number of hydrogen-bond acceptors (Lipinski definition) is 5. The highest BCUT2D eigenvalue weighted by Gasteiger charge is 2.29. The summed E-state index contributed by atoms with van der Waals surface area (Å²) in [6, 6.07) is 0. The van der Waals surface area contributed by atoms with E-state index in [0.29, 0.717) is 0 Å². The third-order valence-electron chi connectivity index (χ3n) is 1.60. The van der Waals surface area contributed by atoms with E-state index < -0.39 is 11.9 Å². The fourth-order valence-corrected chi connectivity index (χ4v) is 2.21. The highest BCUT2D eigenvalue weighted by atomic mass is 79.9. The van der Waals surface area contributed by atoms with Gasteiger partial charge >= 0.3 is 11.9 Å². The number of ether oxygens (including phenoxy) is 2. The van der Waals surface area contributed by atoms with Gasteiger partial charge in [0.2, 0.25) is 0 Å². The molecule has 0 atom stereocenters. The van der Waals surface area contributed by atoms with E-state index in [2.05, 4.69) is 41.3 Å². The summed E-state index contributed by atoms with van der Waals surface area (Å²) in [6.45, 7) is 0. The molecule has 0 bridgehead atoms. The maximum Gasteiger partial charge on any atom is 0.343 e. The van der Waals surface area contributed by atoms with Gasteiger partial charge in [0.05, 0.1) is 14.2 Å². The largest absolute Gasteiger partial charge is 0.465 e. The van der Waals surface area contributed by atoms with Crippen LogP contribution in [0.1, 0.15) is 20.7 Å². The summed E-state index contributed by atoms with van der Waals surface area (Å²) in [6.07, 6.45) is 0. The van der Waals surface area contributed by atoms with Gasteiger partial charge in [0.1, 0.15) is 11.1 Å². The number of furan rings is 1. The fourth-order valence-electron chi connectivity index (χ4n) is 0.946. The molecule has 0 aliphatic rings. The Bertz CT molecular complexity index is 373. The van der Waals surface area contributed by atoms with E-state index >= 15 is 0 Å². The summed E-state index contributed by atoms with van der Waals surface area (Å²) in [5, 5.41) is 0. The maximum absolute atomic E-state index is 11.3. The third-order valence-corrected chi connectivity index (χ3v) is 2.72. The smallest absolute Gasteiger partial charge is 0.343 e. The molecule has 82 valence electrons. The number of halogens is 2. The number of esters is 2. The first-order valence-electron chi connectivity index (χ1n) is 3.67. The van der Waals surface area contributed by atoms with Gasteiger partial charge in [-0.3, -0.25) is 0 Å². The van der Waals surface area contributed by atoms with Crippen LogP contribution in [-0.4, -0.2) is 26.2 Å². The number of carbonyl (C=O) groups excluding carboxylic acids is 2. The van der Waals surface area contributed by atoms with E-state index in [0.717, 1.165) is 0 Å². The maximum atomic E-state index is 11.3. The van der Waals surface area contributed by atoms with Gasteiger partial charge in [-0.05, 0) is 31.9 Å². The van der Waals surface area contributed by atoms with Crippen LogP contribution < -0.4 is 0 Å². The van der Waals surface area contributed by atoms with Crippen molar-refractivity contribution in [3.05, 3.63) is 20.5 Å². The molecule has 15 heavy (non-hydrogen) atoms. The Hall–Kier alpha value is -0.820. The van der Waals surface area contributed by atoms with Crippen molar-refractivity contribution in [2.24, 2.45) is 0 Å². The first-order valence-corrected chi connectivity index (χ1v) is 5.26. The number of hydrogen-bond donors (Lipinski definition) is 0. The van der Waals surface area contributed by atoms with Gasteiger partial charge in [0.25, 0.3) is 0 Å². The minimum Gasteiger partial charge on any atom is -0.465 e. The number of carbonyl (C=O) groups is 2. The lowest BCUT2D eigenvalue weighted by Crippen LogP contribution is -2.10. The molecule has 0 radical (unpaired) electrons. The summed E-state index contributed by atoms with van der Waals surface area (Å²) < 4.78 is 14.3. The Morgan fingerprint density at radius 2 is 1.33 bits per heavy atom. The monoisotopic (exact) mass is 340 g/mol. The molecular formula is C8H6Br2O5. The zero-order valence-corrected chi connectivity index (χ0v) is 11.0. The molecule has 7 heteroatoms. The van der Waals surface area contributed by atoms with Crippen molar-refractivity contribution in [1.29, 1.82) is 0 Å². The van der Waals surface area contributed by atoms with E-state index in [9.17, 15) is 9.59 Å². The second-order valence-corrected chi connectivity index (χ2v) is 3.82.